The number of aliphatic imine (C=N–C) groups is 1. The van der Waals surface area contributed by atoms with Crippen LogP contribution in [0.2, 0.25) is 10.0 Å². The highest BCUT2D eigenvalue weighted by molar-refractivity contribution is 6.35. The number of halogens is 2. The lowest BCUT2D eigenvalue weighted by molar-refractivity contribution is 0.615. The predicted molar refractivity (Wildman–Crippen MR) is 89.0 cm³/mol. The lowest BCUT2D eigenvalue weighted by Crippen LogP contribution is -2.34. The van der Waals surface area contributed by atoms with E-state index in [4.69, 9.17) is 28.9 Å². The summed E-state index contributed by atoms with van der Waals surface area (Å²) in [5.74, 6) is 1.09. The zero-order chi connectivity index (χ0) is 16.1. The number of rotatable bonds is 5. The van der Waals surface area contributed by atoms with Crippen molar-refractivity contribution in [3.05, 3.63) is 46.0 Å². The number of guanidine groups is 1. The van der Waals surface area contributed by atoms with E-state index in [1.54, 1.807) is 16.8 Å². The molecule has 1 aromatic heterocycles. The van der Waals surface area contributed by atoms with E-state index in [0.717, 1.165) is 17.9 Å². The van der Waals surface area contributed by atoms with Gasteiger partial charge in [0.25, 0.3) is 0 Å². The maximum absolute atomic E-state index is 6.18. The van der Waals surface area contributed by atoms with Gasteiger partial charge in [0.2, 0.25) is 0 Å². The monoisotopic (exact) mass is 340 g/mol. The fraction of sp³-hybridized carbons (Fsp3) is 0.357. The van der Waals surface area contributed by atoms with Crippen molar-refractivity contribution in [2.45, 2.75) is 33.0 Å². The van der Waals surface area contributed by atoms with Gasteiger partial charge in [0.1, 0.15) is 18.7 Å². The second-order valence-electron chi connectivity index (χ2n) is 4.73. The summed E-state index contributed by atoms with van der Waals surface area (Å²) in [5, 5.41) is 8.37. The fourth-order valence-corrected chi connectivity index (χ4v) is 2.60. The van der Waals surface area contributed by atoms with Crippen LogP contribution in [-0.2, 0) is 13.1 Å². The van der Waals surface area contributed by atoms with E-state index in [1.807, 2.05) is 19.9 Å². The zero-order valence-corrected chi connectivity index (χ0v) is 13.9. The molecule has 0 radical (unpaired) electrons. The van der Waals surface area contributed by atoms with Gasteiger partial charge in [-0.15, -0.1) is 0 Å². The molecule has 1 aromatic carbocycles. The molecule has 0 bridgehead atoms. The molecule has 0 aliphatic rings. The van der Waals surface area contributed by atoms with Crippen molar-refractivity contribution in [2.75, 3.05) is 0 Å². The van der Waals surface area contributed by atoms with Crippen molar-refractivity contribution < 1.29 is 0 Å². The van der Waals surface area contributed by atoms with E-state index in [-0.39, 0.29) is 6.04 Å². The first-order valence-corrected chi connectivity index (χ1v) is 7.65. The quantitative estimate of drug-likeness (QED) is 0.647. The summed E-state index contributed by atoms with van der Waals surface area (Å²) < 4.78 is 1.77. The van der Waals surface area contributed by atoms with Gasteiger partial charge >= 0.3 is 0 Å². The molecule has 2 aromatic rings. The van der Waals surface area contributed by atoms with Crippen molar-refractivity contribution in [1.29, 1.82) is 0 Å². The third kappa shape index (κ3) is 4.11. The van der Waals surface area contributed by atoms with Gasteiger partial charge in [0.05, 0.1) is 6.04 Å². The molecule has 6 nitrogen and oxygen atoms in total. The Morgan fingerprint density at radius 2 is 2.23 bits per heavy atom. The van der Waals surface area contributed by atoms with Gasteiger partial charge in [-0.25, -0.2) is 14.7 Å². The minimum Gasteiger partial charge on any atom is -0.370 e. The molecule has 0 aliphatic carbocycles. The van der Waals surface area contributed by atoms with Gasteiger partial charge < -0.3 is 11.1 Å². The van der Waals surface area contributed by atoms with Crippen molar-refractivity contribution in [3.8, 4) is 0 Å². The number of nitrogens with zero attached hydrogens (tertiary/aromatic N) is 4. The van der Waals surface area contributed by atoms with Crippen LogP contribution in [-0.4, -0.2) is 20.7 Å². The van der Waals surface area contributed by atoms with E-state index < -0.39 is 0 Å². The van der Waals surface area contributed by atoms with Crippen LogP contribution in [0.3, 0.4) is 0 Å². The maximum Gasteiger partial charge on any atom is 0.189 e. The molecule has 0 aliphatic heterocycles. The number of hydrogen-bond acceptors (Lipinski definition) is 3. The summed E-state index contributed by atoms with van der Waals surface area (Å²) in [6.45, 7) is 5.06. The van der Waals surface area contributed by atoms with Crippen LogP contribution in [0.15, 0.2) is 29.5 Å². The van der Waals surface area contributed by atoms with Crippen LogP contribution in [0.5, 0.6) is 0 Å². The first kappa shape index (κ1) is 16.6. The SMILES string of the molecule is CCn1ncnc1CN=C(N)NC(C)c1ccc(Cl)cc1Cl. The standard InChI is InChI=1S/C14H18Cl2N6/c1-3-22-13(19-8-20-22)7-18-14(17)21-9(2)11-5-4-10(15)6-12(11)16/h4-6,8-9H,3,7H2,1-2H3,(H3,17,18,21). The van der Waals surface area contributed by atoms with Gasteiger partial charge in [0.15, 0.2) is 5.96 Å². The van der Waals surface area contributed by atoms with Gasteiger partial charge in [-0.1, -0.05) is 29.3 Å². The lowest BCUT2D eigenvalue weighted by Gasteiger charge is -2.16. The van der Waals surface area contributed by atoms with E-state index in [1.165, 1.54) is 6.33 Å². The Morgan fingerprint density at radius 3 is 2.91 bits per heavy atom. The van der Waals surface area contributed by atoms with Crippen LogP contribution in [0, 0.1) is 0 Å². The number of nitrogens with one attached hydrogen (secondary N) is 1. The number of nitrogens with two attached hydrogens (primary N) is 1. The molecule has 0 fully saturated rings. The summed E-state index contributed by atoms with van der Waals surface area (Å²) in [5.41, 5.74) is 6.82. The Labute approximate surface area is 139 Å². The summed E-state index contributed by atoms with van der Waals surface area (Å²) in [6.07, 6.45) is 1.51. The summed E-state index contributed by atoms with van der Waals surface area (Å²) in [7, 11) is 0. The van der Waals surface area contributed by atoms with Gasteiger partial charge in [-0.05, 0) is 31.5 Å². The normalized spacial score (nSPS) is 13.2. The average molecular weight is 341 g/mol. The fourth-order valence-electron chi connectivity index (χ4n) is 2.03. The first-order valence-electron chi connectivity index (χ1n) is 6.89. The highest BCUT2D eigenvalue weighted by atomic mass is 35.5. The second-order valence-corrected chi connectivity index (χ2v) is 5.57. The van der Waals surface area contributed by atoms with E-state index >= 15 is 0 Å². The Morgan fingerprint density at radius 1 is 1.45 bits per heavy atom. The molecule has 1 atom stereocenters. The molecule has 1 unspecified atom stereocenters. The molecule has 2 rings (SSSR count). The van der Waals surface area contributed by atoms with E-state index in [2.05, 4.69) is 20.4 Å². The molecule has 22 heavy (non-hydrogen) atoms. The highest BCUT2D eigenvalue weighted by Crippen LogP contribution is 2.25. The minimum atomic E-state index is -0.0856. The highest BCUT2D eigenvalue weighted by Gasteiger charge is 2.11. The number of aryl methyl sites for hydroxylation is 1. The summed E-state index contributed by atoms with van der Waals surface area (Å²) in [4.78, 5) is 8.42. The largest absolute Gasteiger partial charge is 0.370 e. The van der Waals surface area contributed by atoms with Crippen LogP contribution in [0.1, 0.15) is 31.3 Å². The van der Waals surface area contributed by atoms with Crippen molar-refractivity contribution in [2.24, 2.45) is 10.7 Å². The van der Waals surface area contributed by atoms with Crippen LogP contribution < -0.4 is 11.1 Å². The first-order chi connectivity index (χ1) is 10.5. The molecule has 0 amide bonds. The number of hydrogen-bond donors (Lipinski definition) is 2. The van der Waals surface area contributed by atoms with Crippen molar-refractivity contribution in [1.82, 2.24) is 20.1 Å². The maximum atomic E-state index is 6.18. The Bertz CT molecular complexity index is 667. The Kier molecular flexibility index (Phi) is 5.63. The van der Waals surface area contributed by atoms with E-state index in [9.17, 15) is 0 Å². The molecule has 3 N–H and O–H groups in total. The molecule has 8 heteroatoms. The number of aromatic nitrogens is 3. The summed E-state index contributed by atoms with van der Waals surface area (Å²) in [6, 6.07) is 5.27. The summed E-state index contributed by atoms with van der Waals surface area (Å²) >= 11 is 12.1. The topological polar surface area (TPSA) is 81.1 Å². The predicted octanol–water partition coefficient (Wildman–Crippen LogP) is 2.77. The third-order valence-electron chi connectivity index (χ3n) is 3.18. The molecular formula is C14H18Cl2N6. The molecule has 1 heterocycles. The van der Waals surface area contributed by atoms with Gasteiger partial charge in [-0.3, -0.25) is 0 Å². The van der Waals surface area contributed by atoms with Crippen LogP contribution >= 0.6 is 23.2 Å². The van der Waals surface area contributed by atoms with E-state index in [0.29, 0.717) is 22.5 Å². The molecule has 0 spiro atoms. The Balaban J connectivity index is 2.01. The minimum absolute atomic E-state index is 0.0856. The molecule has 0 saturated heterocycles. The average Bonchev–Trinajstić information content (AvgIpc) is 2.92. The van der Waals surface area contributed by atoms with Crippen molar-refractivity contribution in [3.63, 3.8) is 0 Å². The second kappa shape index (κ2) is 7.47. The third-order valence-corrected chi connectivity index (χ3v) is 3.74. The van der Waals surface area contributed by atoms with Crippen LogP contribution in [0.4, 0.5) is 0 Å². The number of benzene rings is 1. The lowest BCUT2D eigenvalue weighted by atomic mass is 10.1. The Hall–Kier alpha value is -1.79. The zero-order valence-electron chi connectivity index (χ0n) is 12.4. The molecule has 0 saturated carbocycles. The van der Waals surface area contributed by atoms with Crippen molar-refractivity contribution >= 4 is 29.2 Å². The van der Waals surface area contributed by atoms with Gasteiger partial charge in [-0.2, -0.15) is 5.10 Å². The smallest absolute Gasteiger partial charge is 0.189 e. The van der Waals surface area contributed by atoms with Gasteiger partial charge in [0, 0.05) is 16.6 Å². The molecular weight excluding hydrogens is 323 g/mol. The molecule has 118 valence electrons. The van der Waals surface area contributed by atoms with Crippen LogP contribution in [0.25, 0.3) is 0 Å².